The van der Waals surface area contributed by atoms with Gasteiger partial charge in [-0.3, -0.25) is 0 Å². The standard InChI is InChI=1S/C23H22BrN3O2S/c1-28-21-13-19(12-20(24)22(21)29-15-17-8-4-2-5-9-17)14-26-27-23(25)30-16-18-10-6-3-7-11-18/h2-14H,15-16H2,1H3,(H2,25,27). The predicted molar refractivity (Wildman–Crippen MR) is 128 cm³/mol. The van der Waals surface area contributed by atoms with E-state index < -0.39 is 0 Å². The molecule has 3 rings (SSSR count). The van der Waals surface area contributed by atoms with E-state index in [1.54, 1.807) is 13.3 Å². The Morgan fingerprint density at radius 3 is 2.37 bits per heavy atom. The second kappa shape index (κ2) is 11.4. The fourth-order valence-corrected chi connectivity index (χ4v) is 3.78. The van der Waals surface area contributed by atoms with Crippen molar-refractivity contribution in [1.29, 1.82) is 0 Å². The molecule has 0 amide bonds. The van der Waals surface area contributed by atoms with Crippen molar-refractivity contribution in [2.24, 2.45) is 15.9 Å². The van der Waals surface area contributed by atoms with Gasteiger partial charge < -0.3 is 15.2 Å². The summed E-state index contributed by atoms with van der Waals surface area (Å²) in [5.41, 5.74) is 9.01. The Morgan fingerprint density at radius 2 is 1.70 bits per heavy atom. The number of nitrogens with two attached hydrogens (primary N) is 1. The van der Waals surface area contributed by atoms with Gasteiger partial charge in [0.2, 0.25) is 0 Å². The molecule has 0 heterocycles. The van der Waals surface area contributed by atoms with Gasteiger partial charge in [-0.25, -0.2) is 0 Å². The zero-order chi connectivity index (χ0) is 21.2. The summed E-state index contributed by atoms with van der Waals surface area (Å²) < 4.78 is 12.2. The maximum Gasteiger partial charge on any atom is 0.180 e. The molecule has 2 N–H and O–H groups in total. The molecule has 0 spiro atoms. The highest BCUT2D eigenvalue weighted by atomic mass is 79.9. The SMILES string of the molecule is COc1cc(C=NN=C(N)SCc2ccccc2)cc(Br)c1OCc1ccccc1. The first-order valence-corrected chi connectivity index (χ1v) is 11.0. The van der Waals surface area contributed by atoms with Gasteiger partial charge in [0.05, 0.1) is 17.8 Å². The highest BCUT2D eigenvalue weighted by Crippen LogP contribution is 2.36. The molecule has 0 aliphatic heterocycles. The maximum absolute atomic E-state index is 5.95. The van der Waals surface area contributed by atoms with Gasteiger partial charge in [-0.2, -0.15) is 5.10 Å². The van der Waals surface area contributed by atoms with Crippen molar-refractivity contribution in [2.75, 3.05) is 7.11 Å². The van der Waals surface area contributed by atoms with Crippen molar-refractivity contribution in [3.05, 3.63) is 94.0 Å². The van der Waals surface area contributed by atoms with Crippen molar-refractivity contribution in [1.82, 2.24) is 0 Å². The smallest absolute Gasteiger partial charge is 0.180 e. The molecule has 154 valence electrons. The van der Waals surface area contributed by atoms with Crippen LogP contribution in [0.4, 0.5) is 0 Å². The van der Waals surface area contributed by atoms with Gasteiger partial charge >= 0.3 is 0 Å². The first-order chi connectivity index (χ1) is 14.7. The molecule has 0 bridgehead atoms. The van der Waals surface area contributed by atoms with Crippen molar-refractivity contribution in [3.8, 4) is 11.5 Å². The Hall–Kier alpha value is -2.77. The number of rotatable bonds is 8. The van der Waals surface area contributed by atoms with Crippen LogP contribution in [0.2, 0.25) is 0 Å². The number of methoxy groups -OCH3 is 1. The second-order valence-corrected chi connectivity index (χ2v) is 8.12. The van der Waals surface area contributed by atoms with Gasteiger partial charge in [0.1, 0.15) is 6.61 Å². The van der Waals surface area contributed by atoms with E-state index in [2.05, 4.69) is 38.3 Å². The Bertz CT molecular complexity index is 1010. The van der Waals surface area contributed by atoms with Crippen LogP contribution in [-0.4, -0.2) is 18.5 Å². The Morgan fingerprint density at radius 1 is 1.03 bits per heavy atom. The first-order valence-electron chi connectivity index (χ1n) is 9.23. The van der Waals surface area contributed by atoms with Gasteiger partial charge in [0.25, 0.3) is 0 Å². The monoisotopic (exact) mass is 483 g/mol. The van der Waals surface area contributed by atoms with E-state index in [0.29, 0.717) is 23.3 Å². The third-order valence-electron chi connectivity index (χ3n) is 4.07. The summed E-state index contributed by atoms with van der Waals surface area (Å²) in [6.45, 7) is 0.447. The molecule has 0 fully saturated rings. The number of hydrogen-bond donors (Lipinski definition) is 1. The zero-order valence-corrected chi connectivity index (χ0v) is 18.9. The summed E-state index contributed by atoms with van der Waals surface area (Å²) in [5.74, 6) is 2.00. The minimum Gasteiger partial charge on any atom is -0.493 e. The molecule has 5 nitrogen and oxygen atoms in total. The number of halogens is 1. The summed E-state index contributed by atoms with van der Waals surface area (Å²) in [5, 5.41) is 8.56. The van der Waals surface area contributed by atoms with Crippen molar-refractivity contribution in [2.45, 2.75) is 12.4 Å². The first kappa shape index (κ1) is 21.9. The summed E-state index contributed by atoms with van der Waals surface area (Å²) in [6.07, 6.45) is 1.63. The summed E-state index contributed by atoms with van der Waals surface area (Å²) >= 11 is 5.00. The van der Waals surface area contributed by atoms with Crippen molar-refractivity contribution < 1.29 is 9.47 Å². The fraction of sp³-hybridized carbons (Fsp3) is 0.130. The average Bonchev–Trinajstić information content (AvgIpc) is 2.78. The lowest BCUT2D eigenvalue weighted by molar-refractivity contribution is 0.282. The van der Waals surface area contributed by atoms with E-state index in [0.717, 1.165) is 21.4 Å². The molecule has 3 aromatic rings. The minimum absolute atomic E-state index is 0.406. The topological polar surface area (TPSA) is 69.2 Å². The highest BCUT2D eigenvalue weighted by molar-refractivity contribution is 9.10. The molecule has 0 aliphatic rings. The van der Waals surface area contributed by atoms with Gasteiger partial charge in [-0.15, -0.1) is 5.10 Å². The molecule has 0 aromatic heterocycles. The van der Waals surface area contributed by atoms with Crippen LogP contribution in [0.5, 0.6) is 11.5 Å². The fourth-order valence-electron chi connectivity index (χ4n) is 2.60. The number of nitrogens with zero attached hydrogens (tertiary/aromatic N) is 2. The van der Waals surface area contributed by atoms with E-state index in [-0.39, 0.29) is 0 Å². The van der Waals surface area contributed by atoms with Crippen LogP contribution >= 0.6 is 27.7 Å². The summed E-state index contributed by atoms with van der Waals surface area (Å²) in [4.78, 5) is 0. The number of hydrogen-bond acceptors (Lipinski definition) is 5. The zero-order valence-electron chi connectivity index (χ0n) is 16.5. The summed E-state index contributed by atoms with van der Waals surface area (Å²) in [6, 6.07) is 23.8. The van der Waals surface area contributed by atoms with E-state index in [1.807, 2.05) is 60.7 Å². The normalized spacial score (nSPS) is 11.6. The van der Waals surface area contributed by atoms with Crippen LogP contribution < -0.4 is 15.2 Å². The van der Waals surface area contributed by atoms with E-state index >= 15 is 0 Å². The molecular weight excluding hydrogens is 462 g/mol. The maximum atomic E-state index is 5.95. The number of thioether (sulfide) groups is 1. The average molecular weight is 484 g/mol. The van der Waals surface area contributed by atoms with Gasteiger partial charge in [0.15, 0.2) is 16.7 Å². The van der Waals surface area contributed by atoms with E-state index in [4.69, 9.17) is 15.2 Å². The predicted octanol–water partition coefficient (Wildman–Crippen LogP) is 5.62. The Balaban J connectivity index is 1.63. The lowest BCUT2D eigenvalue weighted by atomic mass is 10.2. The molecule has 0 atom stereocenters. The third kappa shape index (κ3) is 6.64. The molecule has 3 aromatic carbocycles. The Labute approximate surface area is 189 Å². The van der Waals surface area contributed by atoms with Crippen molar-refractivity contribution in [3.63, 3.8) is 0 Å². The number of ether oxygens (including phenoxy) is 2. The van der Waals surface area contributed by atoms with Crippen LogP contribution in [0.15, 0.2) is 87.5 Å². The van der Waals surface area contributed by atoms with Gasteiger partial charge in [-0.05, 0) is 44.8 Å². The molecule has 0 radical (unpaired) electrons. The quantitative estimate of drug-likeness (QED) is 0.256. The molecule has 0 unspecified atom stereocenters. The second-order valence-electron chi connectivity index (χ2n) is 6.27. The van der Waals surface area contributed by atoms with Crippen LogP contribution in [0.25, 0.3) is 0 Å². The van der Waals surface area contributed by atoms with Crippen LogP contribution in [0.1, 0.15) is 16.7 Å². The largest absolute Gasteiger partial charge is 0.493 e. The van der Waals surface area contributed by atoms with Crippen LogP contribution in [0.3, 0.4) is 0 Å². The minimum atomic E-state index is 0.406. The van der Waals surface area contributed by atoms with Crippen molar-refractivity contribution >= 4 is 39.1 Å². The molecular formula is C23H22BrN3O2S. The molecule has 30 heavy (non-hydrogen) atoms. The molecule has 0 saturated heterocycles. The van der Waals surface area contributed by atoms with Crippen LogP contribution in [-0.2, 0) is 12.4 Å². The van der Waals surface area contributed by atoms with Gasteiger partial charge in [-0.1, -0.05) is 72.4 Å². The molecule has 0 aliphatic carbocycles. The molecule has 0 saturated carbocycles. The third-order valence-corrected chi connectivity index (χ3v) is 5.51. The van der Waals surface area contributed by atoms with Crippen LogP contribution in [0, 0.1) is 0 Å². The number of benzene rings is 3. The van der Waals surface area contributed by atoms with E-state index in [9.17, 15) is 0 Å². The van der Waals surface area contributed by atoms with E-state index in [1.165, 1.54) is 17.3 Å². The Kier molecular flexibility index (Phi) is 8.35. The van der Waals surface area contributed by atoms with Gasteiger partial charge in [0, 0.05) is 5.75 Å². The number of amidine groups is 1. The lowest BCUT2D eigenvalue weighted by Gasteiger charge is -2.13. The highest BCUT2D eigenvalue weighted by Gasteiger charge is 2.11. The lowest BCUT2D eigenvalue weighted by Crippen LogP contribution is -2.06. The summed E-state index contributed by atoms with van der Waals surface area (Å²) in [7, 11) is 1.61. The molecule has 7 heteroatoms.